The van der Waals surface area contributed by atoms with E-state index in [0.29, 0.717) is 26.1 Å². The summed E-state index contributed by atoms with van der Waals surface area (Å²) in [7, 11) is 0. The zero-order chi connectivity index (χ0) is 18.9. The third-order valence-electron chi connectivity index (χ3n) is 4.67. The average Bonchev–Trinajstić information content (AvgIpc) is 2.70. The maximum atomic E-state index is 12.1. The highest BCUT2D eigenvalue weighted by Crippen LogP contribution is 2.11. The summed E-state index contributed by atoms with van der Waals surface area (Å²) in [5.74, 6) is 0.0188. The van der Waals surface area contributed by atoms with Gasteiger partial charge in [-0.05, 0) is 24.0 Å². The van der Waals surface area contributed by atoms with Crippen LogP contribution in [0.5, 0.6) is 0 Å². The van der Waals surface area contributed by atoms with Gasteiger partial charge in [-0.1, -0.05) is 60.7 Å². The summed E-state index contributed by atoms with van der Waals surface area (Å²) < 4.78 is 5.58. The smallest absolute Gasteiger partial charge is 0.248 e. The van der Waals surface area contributed by atoms with Crippen molar-refractivity contribution in [1.29, 1.82) is 0 Å². The van der Waals surface area contributed by atoms with E-state index in [9.17, 15) is 9.59 Å². The Morgan fingerprint density at radius 1 is 1.04 bits per heavy atom. The minimum Gasteiger partial charge on any atom is -0.365 e. The lowest BCUT2D eigenvalue weighted by atomic mass is 10.1. The van der Waals surface area contributed by atoms with Gasteiger partial charge >= 0.3 is 0 Å². The lowest BCUT2D eigenvalue weighted by molar-refractivity contribution is -0.149. The van der Waals surface area contributed by atoms with Crippen molar-refractivity contribution in [1.82, 2.24) is 10.2 Å². The molecule has 5 heteroatoms. The Bertz CT molecular complexity index is 734. The summed E-state index contributed by atoms with van der Waals surface area (Å²) in [6.45, 7) is 1.58. The zero-order valence-corrected chi connectivity index (χ0v) is 15.5. The number of carbonyl (C=O) groups excluding carboxylic acids is 2. The molecular weight excluding hydrogens is 340 g/mol. The SMILES string of the molecule is O=C(CCCc1ccccc1)NCC1CN(Cc2ccccc2)C(=O)CO1. The molecule has 1 atom stereocenters. The Morgan fingerprint density at radius 3 is 2.41 bits per heavy atom. The number of hydrogen-bond donors (Lipinski definition) is 1. The Hall–Kier alpha value is -2.66. The van der Waals surface area contributed by atoms with Gasteiger partial charge in [0.05, 0.1) is 6.10 Å². The van der Waals surface area contributed by atoms with Crippen molar-refractivity contribution in [2.24, 2.45) is 0 Å². The number of amides is 2. The molecule has 0 aliphatic carbocycles. The van der Waals surface area contributed by atoms with E-state index >= 15 is 0 Å². The van der Waals surface area contributed by atoms with Crippen LogP contribution in [0.15, 0.2) is 60.7 Å². The number of ether oxygens (including phenoxy) is 1. The van der Waals surface area contributed by atoms with E-state index in [1.54, 1.807) is 4.90 Å². The topological polar surface area (TPSA) is 58.6 Å². The van der Waals surface area contributed by atoms with Crippen molar-refractivity contribution in [3.05, 3.63) is 71.8 Å². The molecule has 1 aliphatic heterocycles. The number of rotatable bonds is 8. The maximum absolute atomic E-state index is 12.1. The van der Waals surface area contributed by atoms with Crippen molar-refractivity contribution >= 4 is 11.8 Å². The molecule has 0 saturated carbocycles. The first-order valence-electron chi connectivity index (χ1n) is 9.44. The molecule has 1 saturated heterocycles. The van der Waals surface area contributed by atoms with Crippen LogP contribution in [-0.2, 0) is 27.3 Å². The average molecular weight is 366 g/mol. The van der Waals surface area contributed by atoms with E-state index in [2.05, 4.69) is 17.4 Å². The van der Waals surface area contributed by atoms with Gasteiger partial charge in [-0.15, -0.1) is 0 Å². The van der Waals surface area contributed by atoms with Gasteiger partial charge in [0.15, 0.2) is 0 Å². The molecule has 142 valence electrons. The fraction of sp³-hybridized carbons (Fsp3) is 0.364. The number of morpholine rings is 1. The molecule has 0 bridgehead atoms. The molecule has 1 heterocycles. The van der Waals surface area contributed by atoms with Crippen molar-refractivity contribution in [2.75, 3.05) is 19.7 Å². The van der Waals surface area contributed by atoms with Crippen LogP contribution in [0.4, 0.5) is 0 Å². The van der Waals surface area contributed by atoms with Crippen LogP contribution in [0.25, 0.3) is 0 Å². The fourth-order valence-electron chi connectivity index (χ4n) is 3.17. The molecule has 2 aromatic rings. The van der Waals surface area contributed by atoms with Gasteiger partial charge < -0.3 is 15.0 Å². The molecule has 2 aromatic carbocycles. The molecular formula is C22H26N2O3. The second-order valence-electron chi connectivity index (χ2n) is 6.84. The Labute approximate surface area is 160 Å². The van der Waals surface area contributed by atoms with Gasteiger partial charge in [-0.25, -0.2) is 0 Å². The van der Waals surface area contributed by atoms with Crippen molar-refractivity contribution in [3.8, 4) is 0 Å². The van der Waals surface area contributed by atoms with Gasteiger partial charge in [0.2, 0.25) is 11.8 Å². The minimum absolute atomic E-state index is 0.00992. The highest BCUT2D eigenvalue weighted by molar-refractivity contribution is 5.78. The van der Waals surface area contributed by atoms with E-state index in [1.807, 2.05) is 48.5 Å². The summed E-state index contributed by atoms with van der Waals surface area (Å²) in [6.07, 6.45) is 2.05. The molecule has 0 aromatic heterocycles. The first-order chi connectivity index (χ1) is 13.2. The van der Waals surface area contributed by atoms with E-state index in [4.69, 9.17) is 4.74 Å². The van der Waals surface area contributed by atoms with Crippen LogP contribution in [0.1, 0.15) is 24.0 Å². The quantitative estimate of drug-likeness (QED) is 0.781. The first kappa shape index (κ1) is 19.1. The molecule has 0 spiro atoms. The van der Waals surface area contributed by atoms with Gasteiger partial charge in [-0.2, -0.15) is 0 Å². The van der Waals surface area contributed by atoms with Gasteiger partial charge in [0.1, 0.15) is 6.61 Å². The molecule has 1 unspecified atom stereocenters. The number of aryl methyl sites for hydroxylation is 1. The largest absolute Gasteiger partial charge is 0.365 e. The predicted octanol–water partition coefficient (Wildman–Crippen LogP) is 2.55. The van der Waals surface area contributed by atoms with Crippen LogP contribution in [0.2, 0.25) is 0 Å². The molecule has 0 radical (unpaired) electrons. The van der Waals surface area contributed by atoms with Gasteiger partial charge in [0.25, 0.3) is 0 Å². The third kappa shape index (κ3) is 6.22. The maximum Gasteiger partial charge on any atom is 0.248 e. The van der Waals surface area contributed by atoms with Crippen LogP contribution in [-0.4, -0.2) is 42.5 Å². The number of nitrogens with zero attached hydrogens (tertiary/aromatic N) is 1. The van der Waals surface area contributed by atoms with Gasteiger partial charge in [-0.3, -0.25) is 9.59 Å². The summed E-state index contributed by atoms with van der Waals surface area (Å²) in [6, 6.07) is 20.1. The van der Waals surface area contributed by atoms with Crippen LogP contribution >= 0.6 is 0 Å². The normalized spacial score (nSPS) is 17.0. The fourth-order valence-corrected chi connectivity index (χ4v) is 3.17. The summed E-state index contributed by atoms with van der Waals surface area (Å²) in [4.78, 5) is 25.9. The monoisotopic (exact) mass is 366 g/mol. The minimum atomic E-state index is -0.163. The molecule has 3 rings (SSSR count). The molecule has 1 N–H and O–H groups in total. The van der Waals surface area contributed by atoms with E-state index in [1.165, 1.54) is 5.56 Å². The van der Waals surface area contributed by atoms with E-state index in [0.717, 1.165) is 18.4 Å². The van der Waals surface area contributed by atoms with Crippen molar-refractivity contribution in [3.63, 3.8) is 0 Å². The zero-order valence-electron chi connectivity index (χ0n) is 15.5. The molecule has 5 nitrogen and oxygen atoms in total. The van der Waals surface area contributed by atoms with E-state index in [-0.39, 0.29) is 24.5 Å². The van der Waals surface area contributed by atoms with Crippen LogP contribution < -0.4 is 5.32 Å². The molecule has 1 fully saturated rings. The van der Waals surface area contributed by atoms with Crippen molar-refractivity contribution < 1.29 is 14.3 Å². The number of benzene rings is 2. The lowest BCUT2D eigenvalue weighted by Gasteiger charge is -2.33. The number of hydrogen-bond acceptors (Lipinski definition) is 3. The highest BCUT2D eigenvalue weighted by Gasteiger charge is 2.26. The first-order valence-corrected chi connectivity index (χ1v) is 9.44. The van der Waals surface area contributed by atoms with E-state index < -0.39 is 0 Å². The predicted molar refractivity (Wildman–Crippen MR) is 104 cm³/mol. The summed E-state index contributed by atoms with van der Waals surface area (Å²) >= 11 is 0. The lowest BCUT2D eigenvalue weighted by Crippen LogP contribution is -2.50. The Balaban J connectivity index is 1.38. The molecule has 1 aliphatic rings. The number of nitrogens with one attached hydrogen (secondary N) is 1. The summed E-state index contributed by atoms with van der Waals surface area (Å²) in [5.41, 5.74) is 2.34. The Kier molecular flexibility index (Phi) is 6.99. The van der Waals surface area contributed by atoms with Crippen LogP contribution in [0, 0.1) is 0 Å². The Morgan fingerprint density at radius 2 is 1.70 bits per heavy atom. The third-order valence-corrected chi connectivity index (χ3v) is 4.67. The molecule has 2 amide bonds. The van der Waals surface area contributed by atoms with Crippen molar-refractivity contribution in [2.45, 2.75) is 31.9 Å². The number of carbonyl (C=O) groups is 2. The molecule has 27 heavy (non-hydrogen) atoms. The second-order valence-corrected chi connectivity index (χ2v) is 6.84. The summed E-state index contributed by atoms with van der Waals surface area (Å²) in [5, 5.41) is 2.94. The highest BCUT2D eigenvalue weighted by atomic mass is 16.5. The van der Waals surface area contributed by atoms with Gasteiger partial charge in [0, 0.05) is 26.1 Å². The van der Waals surface area contributed by atoms with Crippen LogP contribution in [0.3, 0.4) is 0 Å². The second kappa shape index (κ2) is 9.88. The standard InChI is InChI=1S/C22H26N2O3/c25-21(13-7-12-18-8-3-1-4-9-18)23-14-20-16-24(22(26)17-27-20)15-19-10-5-2-6-11-19/h1-6,8-11,20H,7,12-17H2,(H,23,25).